The van der Waals surface area contributed by atoms with Gasteiger partial charge in [-0.2, -0.15) is 5.10 Å². The van der Waals surface area contributed by atoms with Gasteiger partial charge in [0.25, 0.3) is 5.91 Å². The lowest BCUT2D eigenvalue weighted by atomic mass is 9.98. The Hall–Kier alpha value is -2.17. The van der Waals surface area contributed by atoms with Crippen LogP contribution < -0.4 is 10.7 Å². The molecule has 0 aromatic heterocycles. The Kier molecular flexibility index (Phi) is 4.06. The van der Waals surface area contributed by atoms with Crippen LogP contribution in [0.3, 0.4) is 0 Å². The molecule has 5 nitrogen and oxygen atoms in total. The lowest BCUT2D eigenvalue weighted by Gasteiger charge is -2.19. The second-order valence-corrected chi connectivity index (χ2v) is 4.13. The molecule has 5 heteroatoms. The average Bonchev–Trinajstić information content (AvgIpc) is 2.40. The van der Waals surface area contributed by atoms with Crippen molar-refractivity contribution in [2.24, 2.45) is 11.0 Å². The number of hydrogen-bond acceptors (Lipinski definition) is 3. The van der Waals surface area contributed by atoms with Crippen LogP contribution in [0.25, 0.3) is 0 Å². The molecule has 2 rings (SSSR count). The fourth-order valence-corrected chi connectivity index (χ4v) is 1.81. The summed E-state index contributed by atoms with van der Waals surface area (Å²) in [5, 5.41) is 6.52. The predicted molar refractivity (Wildman–Crippen MR) is 67.9 cm³/mol. The molecule has 0 unspecified atom stereocenters. The molecule has 1 aliphatic rings. The Morgan fingerprint density at radius 3 is 2.89 bits per heavy atom. The maximum atomic E-state index is 11.7. The summed E-state index contributed by atoms with van der Waals surface area (Å²) in [6.07, 6.45) is 2.96. The maximum Gasteiger partial charge on any atom is 0.252 e. The molecule has 0 saturated carbocycles. The van der Waals surface area contributed by atoms with Gasteiger partial charge < -0.3 is 5.32 Å². The van der Waals surface area contributed by atoms with Gasteiger partial charge in [0.15, 0.2) is 0 Å². The topological polar surface area (TPSA) is 70.6 Å². The number of hydrazone groups is 1. The first-order valence-corrected chi connectivity index (χ1v) is 5.93. The van der Waals surface area contributed by atoms with Gasteiger partial charge in [-0.25, -0.2) is 5.43 Å². The SMILES string of the molecule is O=C1NCCC[C@@H]1C(=O)N/N=C/c1ccccc1. The molecule has 0 spiro atoms. The Morgan fingerprint density at radius 1 is 1.39 bits per heavy atom. The highest BCUT2D eigenvalue weighted by atomic mass is 16.2. The Balaban J connectivity index is 1.88. The van der Waals surface area contributed by atoms with Gasteiger partial charge in [-0.1, -0.05) is 30.3 Å². The molecule has 1 aromatic carbocycles. The van der Waals surface area contributed by atoms with Crippen LogP contribution in [0.15, 0.2) is 35.4 Å². The number of nitrogens with one attached hydrogen (secondary N) is 2. The summed E-state index contributed by atoms with van der Waals surface area (Å²) in [6.45, 7) is 0.649. The molecule has 1 saturated heterocycles. The van der Waals surface area contributed by atoms with E-state index in [9.17, 15) is 9.59 Å². The second-order valence-electron chi connectivity index (χ2n) is 4.13. The molecule has 94 valence electrons. The van der Waals surface area contributed by atoms with Crippen LogP contribution in [0.2, 0.25) is 0 Å². The molecule has 0 aliphatic carbocycles. The number of carbonyl (C=O) groups excluding carboxylic acids is 2. The van der Waals surface area contributed by atoms with Crippen molar-refractivity contribution >= 4 is 18.0 Å². The van der Waals surface area contributed by atoms with Crippen molar-refractivity contribution in [3.05, 3.63) is 35.9 Å². The quantitative estimate of drug-likeness (QED) is 0.466. The molecular weight excluding hydrogens is 230 g/mol. The van der Waals surface area contributed by atoms with E-state index >= 15 is 0 Å². The molecule has 1 heterocycles. The number of benzene rings is 1. The van der Waals surface area contributed by atoms with Crippen molar-refractivity contribution in [2.45, 2.75) is 12.8 Å². The van der Waals surface area contributed by atoms with Gasteiger partial charge in [0.05, 0.1) is 6.21 Å². The van der Waals surface area contributed by atoms with Gasteiger partial charge >= 0.3 is 0 Å². The first kappa shape index (κ1) is 12.3. The smallest absolute Gasteiger partial charge is 0.252 e. The highest BCUT2D eigenvalue weighted by Gasteiger charge is 2.28. The van der Waals surface area contributed by atoms with E-state index in [1.807, 2.05) is 30.3 Å². The molecule has 1 aliphatic heterocycles. The fraction of sp³-hybridized carbons (Fsp3) is 0.308. The summed E-state index contributed by atoms with van der Waals surface area (Å²) in [7, 11) is 0. The molecule has 0 radical (unpaired) electrons. The number of rotatable bonds is 3. The van der Waals surface area contributed by atoms with E-state index in [0.717, 1.165) is 12.0 Å². The largest absolute Gasteiger partial charge is 0.355 e. The van der Waals surface area contributed by atoms with Gasteiger partial charge in [-0.15, -0.1) is 0 Å². The molecule has 2 amide bonds. The van der Waals surface area contributed by atoms with E-state index in [-0.39, 0.29) is 11.8 Å². The normalized spacial score (nSPS) is 19.6. The van der Waals surface area contributed by atoms with Crippen LogP contribution in [0.4, 0.5) is 0 Å². The Bertz CT molecular complexity index is 457. The minimum absolute atomic E-state index is 0.214. The van der Waals surface area contributed by atoms with Crippen LogP contribution in [0, 0.1) is 5.92 Å². The van der Waals surface area contributed by atoms with Crippen molar-refractivity contribution in [1.29, 1.82) is 0 Å². The zero-order valence-electron chi connectivity index (χ0n) is 9.93. The van der Waals surface area contributed by atoms with Crippen LogP contribution in [0.1, 0.15) is 18.4 Å². The summed E-state index contributed by atoms with van der Waals surface area (Å²) >= 11 is 0. The van der Waals surface area contributed by atoms with Crippen LogP contribution in [-0.4, -0.2) is 24.6 Å². The van der Waals surface area contributed by atoms with E-state index < -0.39 is 5.92 Å². The van der Waals surface area contributed by atoms with Crippen LogP contribution in [0.5, 0.6) is 0 Å². The zero-order valence-corrected chi connectivity index (χ0v) is 9.93. The minimum atomic E-state index is -0.619. The van der Waals surface area contributed by atoms with Crippen molar-refractivity contribution < 1.29 is 9.59 Å². The third-order valence-corrected chi connectivity index (χ3v) is 2.79. The molecule has 1 aromatic rings. The summed E-state index contributed by atoms with van der Waals surface area (Å²) in [5.74, 6) is -1.18. The molecule has 18 heavy (non-hydrogen) atoms. The standard InChI is InChI=1S/C13H15N3O2/c17-12-11(7-4-8-14-12)13(18)16-15-9-10-5-2-1-3-6-10/h1-3,5-6,9,11H,4,7-8H2,(H,14,17)(H,16,18)/b15-9+/t11-/m0/s1. The van der Waals surface area contributed by atoms with Crippen molar-refractivity contribution in [3.63, 3.8) is 0 Å². The highest BCUT2D eigenvalue weighted by Crippen LogP contribution is 2.11. The van der Waals surface area contributed by atoms with Gasteiger partial charge in [0.2, 0.25) is 5.91 Å². The van der Waals surface area contributed by atoms with Crippen molar-refractivity contribution in [1.82, 2.24) is 10.7 Å². The summed E-state index contributed by atoms with van der Waals surface area (Å²) in [5.41, 5.74) is 3.30. The minimum Gasteiger partial charge on any atom is -0.355 e. The summed E-state index contributed by atoms with van der Waals surface area (Å²) in [6, 6.07) is 9.43. The number of carbonyl (C=O) groups is 2. The van der Waals surface area contributed by atoms with Crippen molar-refractivity contribution in [3.8, 4) is 0 Å². The van der Waals surface area contributed by atoms with Gasteiger partial charge in [-0.05, 0) is 18.4 Å². The molecule has 1 fully saturated rings. The van der Waals surface area contributed by atoms with Gasteiger partial charge in [-0.3, -0.25) is 9.59 Å². The Morgan fingerprint density at radius 2 is 2.17 bits per heavy atom. The summed E-state index contributed by atoms with van der Waals surface area (Å²) in [4.78, 5) is 23.2. The van der Waals surface area contributed by atoms with E-state index in [1.165, 1.54) is 0 Å². The molecule has 1 atom stereocenters. The van der Waals surface area contributed by atoms with E-state index in [4.69, 9.17) is 0 Å². The average molecular weight is 245 g/mol. The molecular formula is C13H15N3O2. The first-order valence-electron chi connectivity index (χ1n) is 5.93. The third kappa shape index (κ3) is 3.16. The van der Waals surface area contributed by atoms with E-state index in [1.54, 1.807) is 6.21 Å². The van der Waals surface area contributed by atoms with Crippen LogP contribution >= 0.6 is 0 Å². The fourth-order valence-electron chi connectivity index (χ4n) is 1.81. The number of hydrogen-bond donors (Lipinski definition) is 2. The summed E-state index contributed by atoms with van der Waals surface area (Å²) < 4.78 is 0. The maximum absolute atomic E-state index is 11.7. The monoisotopic (exact) mass is 245 g/mol. The first-order chi connectivity index (χ1) is 8.77. The highest BCUT2D eigenvalue weighted by molar-refractivity contribution is 6.00. The van der Waals surface area contributed by atoms with Crippen molar-refractivity contribution in [2.75, 3.05) is 6.54 Å². The number of nitrogens with zero attached hydrogens (tertiary/aromatic N) is 1. The lowest BCUT2D eigenvalue weighted by Crippen LogP contribution is -2.43. The lowest BCUT2D eigenvalue weighted by molar-refractivity contribution is -0.136. The van der Waals surface area contributed by atoms with E-state index in [0.29, 0.717) is 13.0 Å². The van der Waals surface area contributed by atoms with Gasteiger partial charge in [0, 0.05) is 6.54 Å². The Labute approximate surface area is 105 Å². The molecule has 2 N–H and O–H groups in total. The second kappa shape index (κ2) is 5.95. The van der Waals surface area contributed by atoms with E-state index in [2.05, 4.69) is 15.8 Å². The van der Waals surface area contributed by atoms with Gasteiger partial charge in [0.1, 0.15) is 5.92 Å². The zero-order chi connectivity index (χ0) is 12.8. The number of piperidine rings is 1. The number of amides is 2. The third-order valence-electron chi connectivity index (χ3n) is 2.79. The predicted octanol–water partition coefficient (Wildman–Crippen LogP) is 0.663. The van der Waals surface area contributed by atoms with Crippen LogP contribution in [-0.2, 0) is 9.59 Å². The molecule has 0 bridgehead atoms.